The van der Waals surface area contributed by atoms with E-state index < -0.39 is 11.1 Å². The summed E-state index contributed by atoms with van der Waals surface area (Å²) in [6.45, 7) is 1.06. The average Bonchev–Trinajstić information content (AvgIpc) is 2.67. The standard InChI is InChI=1S/C13H9F3OS/c1-12(13(14,15)16)17-10-7-6-8-4-2-3-5-9(8)11(10)18-12/h2-7H,1H3. The Labute approximate surface area is 106 Å². The highest BCUT2D eigenvalue weighted by Gasteiger charge is 2.58. The lowest BCUT2D eigenvalue weighted by molar-refractivity contribution is -0.202. The van der Waals surface area contributed by atoms with E-state index in [2.05, 4.69) is 0 Å². The second-order valence-corrected chi connectivity index (χ2v) is 5.65. The van der Waals surface area contributed by atoms with Gasteiger partial charge in [0.1, 0.15) is 5.75 Å². The van der Waals surface area contributed by atoms with E-state index in [0.717, 1.165) is 29.5 Å². The second-order valence-electron chi connectivity index (χ2n) is 4.26. The first-order chi connectivity index (χ1) is 8.41. The molecule has 1 unspecified atom stereocenters. The van der Waals surface area contributed by atoms with Gasteiger partial charge in [0.2, 0.25) is 0 Å². The number of fused-ring (bicyclic) bond motifs is 3. The quantitative estimate of drug-likeness (QED) is 0.691. The van der Waals surface area contributed by atoms with Crippen LogP contribution in [0.3, 0.4) is 0 Å². The molecule has 18 heavy (non-hydrogen) atoms. The number of rotatable bonds is 0. The van der Waals surface area contributed by atoms with Gasteiger partial charge in [-0.2, -0.15) is 13.2 Å². The molecule has 1 atom stereocenters. The van der Waals surface area contributed by atoms with Gasteiger partial charge >= 0.3 is 6.18 Å². The first kappa shape index (κ1) is 11.7. The molecule has 1 heterocycles. The third-order valence-electron chi connectivity index (χ3n) is 2.96. The van der Waals surface area contributed by atoms with Crippen molar-refractivity contribution in [3.05, 3.63) is 36.4 Å². The first-order valence-electron chi connectivity index (χ1n) is 5.37. The van der Waals surface area contributed by atoms with Crippen LogP contribution in [0.2, 0.25) is 0 Å². The Morgan fingerprint density at radius 3 is 2.56 bits per heavy atom. The molecule has 0 fully saturated rings. The van der Waals surface area contributed by atoms with Crippen LogP contribution in [0.1, 0.15) is 6.92 Å². The normalized spacial score (nSPS) is 22.9. The van der Waals surface area contributed by atoms with E-state index in [0.29, 0.717) is 10.6 Å². The van der Waals surface area contributed by atoms with E-state index in [9.17, 15) is 13.2 Å². The van der Waals surface area contributed by atoms with Gasteiger partial charge in [0.05, 0.1) is 4.90 Å². The van der Waals surface area contributed by atoms with Crippen molar-refractivity contribution >= 4 is 22.5 Å². The van der Waals surface area contributed by atoms with Crippen molar-refractivity contribution in [2.24, 2.45) is 0 Å². The number of benzene rings is 2. The van der Waals surface area contributed by atoms with Crippen molar-refractivity contribution < 1.29 is 17.9 Å². The highest BCUT2D eigenvalue weighted by molar-refractivity contribution is 8.01. The van der Waals surface area contributed by atoms with Crippen molar-refractivity contribution in [1.82, 2.24) is 0 Å². The van der Waals surface area contributed by atoms with Gasteiger partial charge in [0.25, 0.3) is 4.93 Å². The number of thioether (sulfide) groups is 1. The minimum Gasteiger partial charge on any atom is -0.466 e. The molecular weight excluding hydrogens is 261 g/mol. The highest BCUT2D eigenvalue weighted by atomic mass is 32.2. The fourth-order valence-corrected chi connectivity index (χ4v) is 3.09. The molecule has 0 radical (unpaired) electrons. The van der Waals surface area contributed by atoms with Gasteiger partial charge in [-0.25, -0.2) is 0 Å². The molecule has 94 valence electrons. The van der Waals surface area contributed by atoms with Crippen LogP contribution < -0.4 is 4.74 Å². The van der Waals surface area contributed by atoms with Crippen LogP contribution in [0.5, 0.6) is 5.75 Å². The Morgan fingerprint density at radius 2 is 1.83 bits per heavy atom. The van der Waals surface area contributed by atoms with Gasteiger partial charge in [-0.1, -0.05) is 42.1 Å². The molecule has 2 aromatic carbocycles. The summed E-state index contributed by atoms with van der Waals surface area (Å²) in [7, 11) is 0. The Balaban J connectivity index is 2.16. The molecule has 0 saturated carbocycles. The molecule has 0 aromatic heterocycles. The monoisotopic (exact) mass is 270 g/mol. The van der Waals surface area contributed by atoms with E-state index >= 15 is 0 Å². The maximum atomic E-state index is 13.0. The molecule has 0 amide bonds. The highest BCUT2D eigenvalue weighted by Crippen LogP contribution is 2.56. The topological polar surface area (TPSA) is 9.23 Å². The van der Waals surface area contributed by atoms with E-state index in [1.54, 1.807) is 12.1 Å². The number of halogens is 3. The third kappa shape index (κ3) is 1.57. The van der Waals surface area contributed by atoms with Crippen LogP contribution >= 0.6 is 11.8 Å². The molecule has 0 spiro atoms. The lowest BCUT2D eigenvalue weighted by Gasteiger charge is -2.25. The Morgan fingerprint density at radius 1 is 1.11 bits per heavy atom. The van der Waals surface area contributed by atoms with Crippen LogP contribution in [0.25, 0.3) is 10.8 Å². The molecule has 0 aliphatic carbocycles. The van der Waals surface area contributed by atoms with Gasteiger partial charge in [0, 0.05) is 0 Å². The SMILES string of the molecule is CC1(C(F)(F)F)Oc2ccc3ccccc3c2S1. The number of hydrogen-bond acceptors (Lipinski definition) is 2. The lowest BCUT2D eigenvalue weighted by Crippen LogP contribution is -2.42. The predicted molar refractivity (Wildman–Crippen MR) is 64.9 cm³/mol. The smallest absolute Gasteiger partial charge is 0.438 e. The van der Waals surface area contributed by atoms with E-state index in [-0.39, 0.29) is 0 Å². The molecule has 0 bridgehead atoms. The average molecular weight is 270 g/mol. The first-order valence-corrected chi connectivity index (χ1v) is 6.19. The number of alkyl halides is 3. The van der Waals surface area contributed by atoms with Crippen molar-refractivity contribution in [3.63, 3.8) is 0 Å². The van der Waals surface area contributed by atoms with Crippen molar-refractivity contribution in [1.29, 1.82) is 0 Å². The lowest BCUT2D eigenvalue weighted by atomic mass is 10.1. The van der Waals surface area contributed by atoms with Crippen LogP contribution in [0.15, 0.2) is 41.3 Å². The molecule has 0 N–H and O–H groups in total. The Hall–Kier alpha value is -1.36. The third-order valence-corrected chi connectivity index (χ3v) is 4.29. The minimum atomic E-state index is -4.40. The summed E-state index contributed by atoms with van der Waals surface area (Å²) in [6, 6.07) is 10.7. The zero-order chi connectivity index (χ0) is 13.0. The van der Waals surface area contributed by atoms with Gasteiger partial charge in [-0.05, 0) is 23.8 Å². The fraction of sp³-hybridized carbons (Fsp3) is 0.231. The number of ether oxygens (including phenoxy) is 1. The zero-order valence-corrected chi connectivity index (χ0v) is 10.2. The summed E-state index contributed by atoms with van der Waals surface area (Å²) in [5.74, 6) is 0.304. The Kier molecular flexibility index (Phi) is 2.32. The molecule has 2 aromatic rings. The minimum absolute atomic E-state index is 0.304. The molecule has 1 aliphatic heterocycles. The van der Waals surface area contributed by atoms with E-state index in [4.69, 9.17) is 4.74 Å². The molecule has 0 saturated heterocycles. The fourth-order valence-electron chi connectivity index (χ4n) is 1.95. The van der Waals surface area contributed by atoms with E-state index in [1.807, 2.05) is 24.3 Å². The second kappa shape index (κ2) is 3.57. The van der Waals surface area contributed by atoms with Gasteiger partial charge in [-0.3, -0.25) is 0 Å². The van der Waals surface area contributed by atoms with Gasteiger partial charge < -0.3 is 4.74 Å². The maximum Gasteiger partial charge on any atom is 0.438 e. The zero-order valence-electron chi connectivity index (χ0n) is 9.41. The van der Waals surface area contributed by atoms with Crippen LogP contribution in [0, 0.1) is 0 Å². The predicted octanol–water partition coefficient (Wildman–Crippen LogP) is 4.60. The van der Waals surface area contributed by atoms with Crippen molar-refractivity contribution in [3.8, 4) is 5.75 Å². The van der Waals surface area contributed by atoms with Crippen LogP contribution in [-0.2, 0) is 0 Å². The summed E-state index contributed by atoms with van der Waals surface area (Å²) in [4.78, 5) is -1.63. The summed E-state index contributed by atoms with van der Waals surface area (Å²) < 4.78 is 44.0. The molecule has 1 aliphatic rings. The maximum absolute atomic E-state index is 13.0. The number of hydrogen-bond donors (Lipinski definition) is 0. The summed E-state index contributed by atoms with van der Waals surface area (Å²) >= 11 is 0.728. The molecule has 3 rings (SSSR count). The van der Waals surface area contributed by atoms with Crippen LogP contribution in [0.4, 0.5) is 13.2 Å². The Bertz CT molecular complexity index is 623. The summed E-state index contributed by atoms with van der Waals surface area (Å²) in [5.41, 5.74) is 0. The van der Waals surface area contributed by atoms with Gasteiger partial charge in [0.15, 0.2) is 0 Å². The molecular formula is C13H9F3OS. The van der Waals surface area contributed by atoms with Gasteiger partial charge in [-0.15, -0.1) is 0 Å². The van der Waals surface area contributed by atoms with Crippen molar-refractivity contribution in [2.45, 2.75) is 22.9 Å². The van der Waals surface area contributed by atoms with Crippen molar-refractivity contribution in [2.75, 3.05) is 0 Å². The largest absolute Gasteiger partial charge is 0.466 e. The molecule has 5 heteroatoms. The molecule has 1 nitrogen and oxygen atoms in total. The summed E-state index contributed by atoms with van der Waals surface area (Å²) in [6.07, 6.45) is -4.40. The van der Waals surface area contributed by atoms with E-state index in [1.165, 1.54) is 0 Å². The van der Waals surface area contributed by atoms with Crippen LogP contribution in [-0.4, -0.2) is 11.1 Å². The summed E-state index contributed by atoms with van der Waals surface area (Å²) in [5, 5.41) is 1.71.